The van der Waals surface area contributed by atoms with E-state index in [1.807, 2.05) is 24.3 Å². The minimum absolute atomic E-state index is 0.200. The molecule has 2 bridgehead atoms. The standard InChI is InChI=1S/C21H28N2O3/c1-3-14-12-23-9-7-15(14)10-20(23)21(24)17-6-8-22-19-5-4-16(11-18(17)19)26-13-25-2/h4-6,8,11,14-15,20-21,24H,3,7,9-10,12-13H2,1-2H3/t14?,15?,20?,21-/m0/s1. The number of nitrogens with zero attached hydrogens (tertiary/aromatic N) is 2. The van der Waals surface area contributed by atoms with Gasteiger partial charge in [-0.3, -0.25) is 9.88 Å². The molecule has 4 heterocycles. The number of pyridine rings is 1. The van der Waals surface area contributed by atoms with E-state index in [0.717, 1.165) is 53.6 Å². The van der Waals surface area contributed by atoms with Crippen molar-refractivity contribution in [2.45, 2.75) is 38.3 Å². The number of aliphatic hydroxyl groups is 1. The van der Waals surface area contributed by atoms with E-state index in [1.54, 1.807) is 13.3 Å². The molecule has 0 radical (unpaired) electrons. The van der Waals surface area contributed by atoms with Gasteiger partial charge in [-0.15, -0.1) is 0 Å². The fraction of sp³-hybridized carbons (Fsp3) is 0.571. The second kappa shape index (κ2) is 7.51. The molecule has 0 aliphatic carbocycles. The number of fused-ring (bicyclic) bond motifs is 4. The SMILES string of the molecule is CCC1CN2CCC1CC2[C@@H](O)c1ccnc2ccc(OCOC)cc12. The number of piperidine rings is 3. The molecular weight excluding hydrogens is 328 g/mol. The third kappa shape index (κ3) is 3.20. The van der Waals surface area contributed by atoms with Gasteiger partial charge in [0.15, 0.2) is 6.79 Å². The molecule has 5 rings (SSSR count). The topological polar surface area (TPSA) is 54.8 Å². The van der Waals surface area contributed by atoms with Gasteiger partial charge in [-0.2, -0.15) is 0 Å². The zero-order chi connectivity index (χ0) is 18.1. The fourth-order valence-electron chi connectivity index (χ4n) is 4.80. The molecular formula is C21H28N2O3. The van der Waals surface area contributed by atoms with E-state index < -0.39 is 6.10 Å². The molecule has 1 N–H and O–H groups in total. The van der Waals surface area contributed by atoms with Gasteiger partial charge in [0.05, 0.1) is 11.6 Å². The van der Waals surface area contributed by atoms with Crippen LogP contribution in [0.15, 0.2) is 30.5 Å². The lowest BCUT2D eigenvalue weighted by molar-refractivity contribution is -0.0562. The smallest absolute Gasteiger partial charge is 0.188 e. The summed E-state index contributed by atoms with van der Waals surface area (Å²) >= 11 is 0. The van der Waals surface area contributed by atoms with E-state index in [2.05, 4.69) is 16.8 Å². The van der Waals surface area contributed by atoms with Crippen LogP contribution in [0.4, 0.5) is 0 Å². The van der Waals surface area contributed by atoms with Crippen LogP contribution in [0.1, 0.15) is 37.9 Å². The number of ether oxygens (including phenoxy) is 2. The van der Waals surface area contributed by atoms with Crippen LogP contribution in [-0.2, 0) is 4.74 Å². The van der Waals surface area contributed by atoms with E-state index in [0.29, 0.717) is 0 Å². The third-order valence-corrected chi connectivity index (χ3v) is 6.23. The van der Waals surface area contributed by atoms with Crippen LogP contribution in [0.5, 0.6) is 5.75 Å². The third-order valence-electron chi connectivity index (χ3n) is 6.23. The lowest BCUT2D eigenvalue weighted by Crippen LogP contribution is -2.55. The molecule has 2 aromatic rings. The molecule has 4 unspecified atom stereocenters. The van der Waals surface area contributed by atoms with Crippen molar-refractivity contribution in [3.8, 4) is 5.75 Å². The van der Waals surface area contributed by atoms with Gasteiger partial charge < -0.3 is 14.6 Å². The molecule has 1 aromatic heterocycles. The van der Waals surface area contributed by atoms with Crippen LogP contribution in [0.25, 0.3) is 10.9 Å². The highest BCUT2D eigenvalue weighted by molar-refractivity contribution is 5.83. The Morgan fingerprint density at radius 2 is 2.23 bits per heavy atom. The monoisotopic (exact) mass is 356 g/mol. The number of hydrogen-bond donors (Lipinski definition) is 1. The molecule has 1 aromatic carbocycles. The van der Waals surface area contributed by atoms with Gasteiger partial charge in [0.1, 0.15) is 5.75 Å². The van der Waals surface area contributed by atoms with Crippen molar-refractivity contribution in [1.82, 2.24) is 9.88 Å². The first kappa shape index (κ1) is 17.7. The van der Waals surface area contributed by atoms with Crippen LogP contribution in [0, 0.1) is 11.8 Å². The summed E-state index contributed by atoms with van der Waals surface area (Å²) in [4.78, 5) is 6.95. The molecule has 0 spiro atoms. The Labute approximate surface area is 154 Å². The first-order valence-electron chi connectivity index (χ1n) is 9.63. The van der Waals surface area contributed by atoms with Gasteiger partial charge in [-0.1, -0.05) is 13.3 Å². The Hall–Kier alpha value is -1.69. The summed E-state index contributed by atoms with van der Waals surface area (Å²) in [6.45, 7) is 4.72. The molecule has 3 fully saturated rings. The average Bonchev–Trinajstić information content (AvgIpc) is 2.71. The lowest BCUT2D eigenvalue weighted by Gasteiger charge is -2.51. The number of hydrogen-bond acceptors (Lipinski definition) is 5. The maximum Gasteiger partial charge on any atom is 0.188 e. The number of rotatable bonds is 6. The fourth-order valence-corrected chi connectivity index (χ4v) is 4.80. The van der Waals surface area contributed by atoms with E-state index in [-0.39, 0.29) is 12.8 Å². The predicted octanol–water partition coefficient (Wildman–Crippen LogP) is 3.37. The Kier molecular flexibility index (Phi) is 5.11. The molecule has 3 aliphatic rings. The largest absolute Gasteiger partial charge is 0.468 e. The second-order valence-electron chi connectivity index (χ2n) is 7.59. The van der Waals surface area contributed by atoms with E-state index in [4.69, 9.17) is 9.47 Å². The number of methoxy groups -OCH3 is 1. The highest BCUT2D eigenvalue weighted by atomic mass is 16.7. The van der Waals surface area contributed by atoms with Crippen LogP contribution in [0.3, 0.4) is 0 Å². The van der Waals surface area contributed by atoms with E-state index >= 15 is 0 Å². The summed E-state index contributed by atoms with van der Waals surface area (Å²) in [7, 11) is 1.61. The van der Waals surface area contributed by atoms with Crippen molar-refractivity contribution in [3.05, 3.63) is 36.0 Å². The number of aromatic nitrogens is 1. The summed E-state index contributed by atoms with van der Waals surface area (Å²) in [5.41, 5.74) is 1.83. The molecule has 0 amide bonds. The number of aliphatic hydroxyl groups excluding tert-OH is 1. The van der Waals surface area contributed by atoms with Gasteiger partial charge >= 0.3 is 0 Å². The maximum atomic E-state index is 11.3. The van der Waals surface area contributed by atoms with Crippen LogP contribution < -0.4 is 4.74 Å². The molecule has 0 saturated carbocycles. The predicted molar refractivity (Wildman–Crippen MR) is 101 cm³/mol. The summed E-state index contributed by atoms with van der Waals surface area (Å²) in [5.74, 6) is 2.27. The van der Waals surface area contributed by atoms with Crippen molar-refractivity contribution >= 4 is 10.9 Å². The highest BCUT2D eigenvalue weighted by Gasteiger charge is 2.42. The van der Waals surface area contributed by atoms with Crippen molar-refractivity contribution in [1.29, 1.82) is 0 Å². The quantitative estimate of drug-likeness (QED) is 0.804. The van der Waals surface area contributed by atoms with Gasteiger partial charge in [0.25, 0.3) is 0 Å². The van der Waals surface area contributed by atoms with Gasteiger partial charge in [-0.05, 0) is 61.1 Å². The molecule has 5 atom stereocenters. The van der Waals surface area contributed by atoms with Crippen molar-refractivity contribution in [2.75, 3.05) is 27.0 Å². The van der Waals surface area contributed by atoms with Crippen LogP contribution in [-0.4, -0.2) is 48.0 Å². The van der Waals surface area contributed by atoms with E-state index in [1.165, 1.54) is 12.8 Å². The Bertz CT molecular complexity index is 766. The Balaban J connectivity index is 1.63. The normalized spacial score (nSPS) is 29.0. The first-order valence-corrected chi connectivity index (χ1v) is 9.63. The van der Waals surface area contributed by atoms with Crippen molar-refractivity contribution in [3.63, 3.8) is 0 Å². The summed E-state index contributed by atoms with van der Waals surface area (Å²) in [5, 5.41) is 12.2. The molecule has 3 saturated heterocycles. The Morgan fingerprint density at radius 3 is 2.96 bits per heavy atom. The Morgan fingerprint density at radius 1 is 1.35 bits per heavy atom. The number of benzene rings is 1. The molecule has 5 heteroatoms. The van der Waals surface area contributed by atoms with Crippen LogP contribution >= 0.6 is 0 Å². The van der Waals surface area contributed by atoms with Crippen molar-refractivity contribution in [2.24, 2.45) is 11.8 Å². The second-order valence-corrected chi connectivity index (χ2v) is 7.59. The van der Waals surface area contributed by atoms with Gasteiger partial charge in [-0.25, -0.2) is 0 Å². The van der Waals surface area contributed by atoms with E-state index in [9.17, 15) is 5.11 Å². The summed E-state index contributed by atoms with van der Waals surface area (Å²) < 4.78 is 10.6. The highest BCUT2D eigenvalue weighted by Crippen LogP contribution is 2.42. The summed E-state index contributed by atoms with van der Waals surface area (Å²) in [6, 6.07) is 7.95. The van der Waals surface area contributed by atoms with Crippen LogP contribution in [0.2, 0.25) is 0 Å². The molecule has 3 aliphatic heterocycles. The lowest BCUT2D eigenvalue weighted by atomic mass is 9.72. The molecule has 140 valence electrons. The zero-order valence-corrected chi connectivity index (χ0v) is 15.6. The first-order chi connectivity index (χ1) is 12.7. The average molecular weight is 356 g/mol. The zero-order valence-electron chi connectivity index (χ0n) is 15.6. The van der Waals surface area contributed by atoms with Gasteiger partial charge in [0, 0.05) is 31.3 Å². The minimum Gasteiger partial charge on any atom is -0.468 e. The molecule has 26 heavy (non-hydrogen) atoms. The maximum absolute atomic E-state index is 11.3. The van der Waals surface area contributed by atoms with Crippen molar-refractivity contribution < 1.29 is 14.6 Å². The summed E-state index contributed by atoms with van der Waals surface area (Å²) in [6.07, 6.45) is 4.89. The molecule has 5 nitrogen and oxygen atoms in total. The van der Waals surface area contributed by atoms with Gasteiger partial charge in [0.2, 0.25) is 0 Å². The minimum atomic E-state index is -0.501.